The third-order valence-corrected chi connectivity index (χ3v) is 4.55. The van der Waals surface area contributed by atoms with E-state index in [1.807, 2.05) is 41.5 Å². The minimum Gasteiger partial charge on any atom is -0.486 e. The molecule has 1 fully saturated rings. The van der Waals surface area contributed by atoms with E-state index in [4.69, 9.17) is 9.47 Å². The number of aryl methyl sites for hydroxylation is 1. The van der Waals surface area contributed by atoms with Crippen LogP contribution in [-0.4, -0.2) is 42.1 Å². The van der Waals surface area contributed by atoms with Crippen LogP contribution in [0.15, 0.2) is 29.6 Å². The minimum atomic E-state index is 0.115. The van der Waals surface area contributed by atoms with Gasteiger partial charge in [0.1, 0.15) is 17.4 Å². The van der Waals surface area contributed by atoms with Gasteiger partial charge in [-0.25, -0.2) is 4.98 Å². The second-order valence-electron chi connectivity index (χ2n) is 5.50. The third kappa shape index (κ3) is 4.53. The molecule has 0 saturated carbocycles. The number of carbonyl (C=O) groups excluding carboxylic acids is 1. The van der Waals surface area contributed by atoms with Crippen molar-refractivity contribution in [2.24, 2.45) is 0 Å². The molecule has 0 atom stereocenters. The average Bonchev–Trinajstić information content (AvgIpc) is 3.02. The van der Waals surface area contributed by atoms with Crippen LogP contribution in [0.3, 0.4) is 0 Å². The first-order chi connectivity index (χ1) is 11.2. The first-order valence-electron chi connectivity index (χ1n) is 7.69. The van der Waals surface area contributed by atoms with Crippen molar-refractivity contribution in [3.8, 4) is 5.75 Å². The normalized spacial score (nSPS) is 14.7. The number of hydrogen-bond donors (Lipinski definition) is 0. The second kappa shape index (κ2) is 7.57. The number of benzene rings is 1. The summed E-state index contributed by atoms with van der Waals surface area (Å²) in [7, 11) is 0. The number of hydrogen-bond acceptors (Lipinski definition) is 5. The van der Waals surface area contributed by atoms with Crippen LogP contribution in [0.25, 0.3) is 0 Å². The molecule has 1 amide bonds. The Morgan fingerprint density at radius 2 is 2.04 bits per heavy atom. The van der Waals surface area contributed by atoms with Gasteiger partial charge in [-0.3, -0.25) is 4.79 Å². The molecular weight excluding hydrogens is 312 g/mol. The van der Waals surface area contributed by atoms with Gasteiger partial charge in [0.25, 0.3) is 0 Å². The average molecular weight is 332 g/mol. The Labute approximate surface area is 139 Å². The molecule has 0 spiro atoms. The topological polar surface area (TPSA) is 51.7 Å². The van der Waals surface area contributed by atoms with Crippen molar-refractivity contribution in [1.82, 2.24) is 9.88 Å². The van der Waals surface area contributed by atoms with E-state index in [2.05, 4.69) is 4.98 Å². The molecule has 2 aromatic rings. The molecule has 0 N–H and O–H groups in total. The number of carbonyl (C=O) groups is 1. The first kappa shape index (κ1) is 16.0. The zero-order chi connectivity index (χ0) is 16.1. The molecule has 1 aromatic heterocycles. The zero-order valence-corrected chi connectivity index (χ0v) is 14.0. The predicted molar refractivity (Wildman–Crippen MR) is 88.7 cm³/mol. The maximum Gasteiger partial charge on any atom is 0.228 e. The van der Waals surface area contributed by atoms with E-state index >= 15 is 0 Å². The summed E-state index contributed by atoms with van der Waals surface area (Å²) in [6.07, 6.45) is 0.348. The zero-order valence-electron chi connectivity index (χ0n) is 13.2. The molecule has 6 heteroatoms. The Kier molecular flexibility index (Phi) is 5.25. The lowest BCUT2D eigenvalue weighted by molar-refractivity contribution is -0.134. The largest absolute Gasteiger partial charge is 0.486 e. The fourth-order valence-electron chi connectivity index (χ4n) is 2.36. The monoisotopic (exact) mass is 332 g/mol. The van der Waals surface area contributed by atoms with Gasteiger partial charge in [0.05, 0.1) is 25.3 Å². The highest BCUT2D eigenvalue weighted by atomic mass is 32.1. The molecule has 0 unspecified atom stereocenters. The Morgan fingerprint density at radius 3 is 2.78 bits per heavy atom. The van der Waals surface area contributed by atoms with E-state index in [0.29, 0.717) is 39.3 Å². The van der Waals surface area contributed by atoms with Gasteiger partial charge in [0, 0.05) is 18.5 Å². The fourth-order valence-corrected chi connectivity index (χ4v) is 3.06. The van der Waals surface area contributed by atoms with Gasteiger partial charge in [0.15, 0.2) is 0 Å². The van der Waals surface area contributed by atoms with Crippen molar-refractivity contribution in [2.45, 2.75) is 20.0 Å². The first-order valence-corrected chi connectivity index (χ1v) is 8.57. The van der Waals surface area contributed by atoms with E-state index < -0.39 is 0 Å². The van der Waals surface area contributed by atoms with Crippen molar-refractivity contribution in [3.63, 3.8) is 0 Å². The van der Waals surface area contributed by atoms with E-state index in [1.54, 1.807) is 0 Å². The number of aromatic nitrogens is 1. The molecule has 0 radical (unpaired) electrons. The molecule has 1 aromatic carbocycles. The van der Waals surface area contributed by atoms with Crippen LogP contribution < -0.4 is 4.74 Å². The van der Waals surface area contributed by atoms with E-state index in [-0.39, 0.29) is 5.91 Å². The number of amides is 1. The molecule has 0 bridgehead atoms. The highest BCUT2D eigenvalue weighted by Crippen LogP contribution is 2.17. The SMILES string of the molecule is Cc1ccc(OCc2nc(CC(=O)N3CCOCC3)cs2)cc1. The minimum absolute atomic E-state index is 0.115. The molecule has 23 heavy (non-hydrogen) atoms. The van der Waals surface area contributed by atoms with Gasteiger partial charge in [-0.2, -0.15) is 0 Å². The van der Waals surface area contributed by atoms with Crippen molar-refractivity contribution < 1.29 is 14.3 Å². The Balaban J connectivity index is 1.51. The smallest absolute Gasteiger partial charge is 0.228 e. The van der Waals surface area contributed by atoms with Crippen LogP contribution >= 0.6 is 11.3 Å². The summed E-state index contributed by atoms with van der Waals surface area (Å²) in [4.78, 5) is 18.5. The van der Waals surface area contributed by atoms with Crippen LogP contribution in [0.1, 0.15) is 16.3 Å². The predicted octanol–water partition coefficient (Wildman–Crippen LogP) is 2.43. The van der Waals surface area contributed by atoms with Crippen LogP contribution in [0.4, 0.5) is 0 Å². The van der Waals surface area contributed by atoms with Crippen molar-refractivity contribution in [3.05, 3.63) is 45.9 Å². The Morgan fingerprint density at radius 1 is 1.30 bits per heavy atom. The van der Waals surface area contributed by atoms with Crippen molar-refractivity contribution >= 4 is 17.2 Å². The Hall–Kier alpha value is -1.92. The molecule has 1 aliphatic heterocycles. The molecule has 0 aliphatic carbocycles. The fraction of sp³-hybridized carbons (Fsp3) is 0.412. The second-order valence-corrected chi connectivity index (χ2v) is 6.45. The highest BCUT2D eigenvalue weighted by molar-refractivity contribution is 7.09. The summed E-state index contributed by atoms with van der Waals surface area (Å²) in [5, 5.41) is 2.82. The van der Waals surface area contributed by atoms with Crippen LogP contribution in [0.2, 0.25) is 0 Å². The summed E-state index contributed by atoms with van der Waals surface area (Å²) in [5.41, 5.74) is 2.02. The van der Waals surface area contributed by atoms with Gasteiger partial charge in [-0.15, -0.1) is 11.3 Å². The molecule has 5 nitrogen and oxygen atoms in total. The van der Waals surface area contributed by atoms with Crippen LogP contribution in [0, 0.1) is 6.92 Å². The van der Waals surface area contributed by atoms with Gasteiger partial charge in [-0.05, 0) is 19.1 Å². The lowest BCUT2D eigenvalue weighted by Crippen LogP contribution is -2.41. The van der Waals surface area contributed by atoms with Gasteiger partial charge < -0.3 is 14.4 Å². The van der Waals surface area contributed by atoms with Crippen molar-refractivity contribution in [2.75, 3.05) is 26.3 Å². The molecule has 2 heterocycles. The van der Waals surface area contributed by atoms with E-state index in [0.717, 1.165) is 16.5 Å². The van der Waals surface area contributed by atoms with Gasteiger partial charge >= 0.3 is 0 Å². The highest BCUT2D eigenvalue weighted by Gasteiger charge is 2.18. The molecule has 1 aliphatic rings. The molecule has 1 saturated heterocycles. The van der Waals surface area contributed by atoms with Crippen molar-refractivity contribution in [1.29, 1.82) is 0 Å². The van der Waals surface area contributed by atoms with Gasteiger partial charge in [-0.1, -0.05) is 17.7 Å². The lowest BCUT2D eigenvalue weighted by atomic mass is 10.2. The quantitative estimate of drug-likeness (QED) is 0.844. The molecular formula is C17H20N2O3S. The standard InChI is InChI=1S/C17H20N2O3S/c1-13-2-4-15(5-3-13)22-11-16-18-14(12-23-16)10-17(20)19-6-8-21-9-7-19/h2-5,12H,6-11H2,1H3. The summed E-state index contributed by atoms with van der Waals surface area (Å²) in [6.45, 7) is 5.07. The summed E-state index contributed by atoms with van der Waals surface area (Å²) in [6, 6.07) is 7.94. The summed E-state index contributed by atoms with van der Waals surface area (Å²) in [5.74, 6) is 0.946. The molecule has 3 rings (SSSR count). The summed E-state index contributed by atoms with van der Waals surface area (Å²) < 4.78 is 11.0. The third-order valence-electron chi connectivity index (χ3n) is 3.68. The molecule has 122 valence electrons. The maximum absolute atomic E-state index is 12.2. The van der Waals surface area contributed by atoms with Crippen LogP contribution in [0.5, 0.6) is 5.75 Å². The lowest BCUT2D eigenvalue weighted by Gasteiger charge is -2.26. The van der Waals surface area contributed by atoms with Gasteiger partial charge in [0.2, 0.25) is 5.91 Å². The number of ether oxygens (including phenoxy) is 2. The number of morpholine rings is 1. The van der Waals surface area contributed by atoms with E-state index in [9.17, 15) is 4.79 Å². The maximum atomic E-state index is 12.2. The number of rotatable bonds is 5. The Bertz CT molecular complexity index is 648. The summed E-state index contributed by atoms with van der Waals surface area (Å²) >= 11 is 1.53. The number of nitrogens with zero attached hydrogens (tertiary/aromatic N) is 2. The van der Waals surface area contributed by atoms with Crippen LogP contribution in [-0.2, 0) is 22.6 Å². The number of thiazole rings is 1. The van der Waals surface area contributed by atoms with E-state index in [1.165, 1.54) is 16.9 Å².